The van der Waals surface area contributed by atoms with Gasteiger partial charge >= 0.3 is 0 Å². The molecule has 0 unspecified atom stereocenters. The van der Waals surface area contributed by atoms with Crippen molar-refractivity contribution in [3.05, 3.63) is 40.2 Å². The van der Waals surface area contributed by atoms with Crippen LogP contribution in [0.1, 0.15) is 56.0 Å². The molecule has 1 amide bonds. The second kappa shape index (κ2) is 11.7. The molecule has 0 bridgehead atoms. The zero-order chi connectivity index (χ0) is 24.1. The fourth-order valence-electron chi connectivity index (χ4n) is 5.30. The third kappa shape index (κ3) is 6.41. The van der Waals surface area contributed by atoms with E-state index in [2.05, 4.69) is 22.0 Å². The molecule has 1 N–H and O–H groups in total. The zero-order valence-corrected chi connectivity index (χ0v) is 21.7. The standard InChI is InChI=1S/C27H39ClN4O2/c1-19-7-5-13-31(17-19)14-6-12-29-26(33)22-10-15-32(16-11-22)18-24-21(3)34-27(30-24)25-20(2)8-4-9-23(25)28/h4,8-9,19,22H,5-7,10-18H2,1-3H3,(H,29,33)/t19-/m1/s1. The minimum atomic E-state index is 0.117. The van der Waals surface area contributed by atoms with E-state index >= 15 is 0 Å². The lowest BCUT2D eigenvalue weighted by Gasteiger charge is -2.31. The normalized spacial score (nSPS) is 20.5. The Morgan fingerprint density at radius 2 is 1.97 bits per heavy atom. The summed E-state index contributed by atoms with van der Waals surface area (Å²) in [6.07, 6.45) is 5.48. The van der Waals surface area contributed by atoms with Gasteiger partial charge in [0, 0.05) is 25.6 Å². The van der Waals surface area contributed by atoms with Crippen LogP contribution in [0.25, 0.3) is 11.5 Å². The molecule has 0 spiro atoms. The van der Waals surface area contributed by atoms with Crippen LogP contribution in [0.15, 0.2) is 22.6 Å². The summed E-state index contributed by atoms with van der Waals surface area (Å²) in [5.41, 5.74) is 2.87. The van der Waals surface area contributed by atoms with Crippen LogP contribution < -0.4 is 5.32 Å². The highest BCUT2D eigenvalue weighted by Gasteiger charge is 2.26. The van der Waals surface area contributed by atoms with E-state index < -0.39 is 0 Å². The molecule has 4 rings (SSSR count). The molecule has 1 aromatic heterocycles. The first-order chi connectivity index (χ1) is 16.4. The van der Waals surface area contributed by atoms with Crippen LogP contribution in [-0.2, 0) is 11.3 Å². The van der Waals surface area contributed by atoms with Crippen LogP contribution in [0.4, 0.5) is 0 Å². The van der Waals surface area contributed by atoms with E-state index in [1.165, 1.54) is 25.9 Å². The lowest BCUT2D eigenvalue weighted by Crippen LogP contribution is -2.41. The SMILES string of the molecule is Cc1cccc(Cl)c1-c1nc(CN2CCC(C(=O)NCCCN3CCC[C@@H](C)C3)CC2)c(C)o1. The molecule has 7 heteroatoms. The van der Waals surface area contributed by atoms with Crippen LogP contribution in [-0.4, -0.2) is 60.0 Å². The van der Waals surface area contributed by atoms with Gasteiger partial charge in [-0.05, 0) is 89.7 Å². The first-order valence-corrected chi connectivity index (χ1v) is 13.2. The summed E-state index contributed by atoms with van der Waals surface area (Å²) >= 11 is 6.40. The van der Waals surface area contributed by atoms with E-state index in [9.17, 15) is 4.79 Å². The van der Waals surface area contributed by atoms with Gasteiger partial charge in [-0.1, -0.05) is 30.7 Å². The van der Waals surface area contributed by atoms with Crippen LogP contribution in [0.5, 0.6) is 0 Å². The first kappa shape index (κ1) is 25.2. The molecule has 2 aliphatic rings. The van der Waals surface area contributed by atoms with Gasteiger partial charge in [-0.3, -0.25) is 9.69 Å². The number of benzene rings is 1. The number of oxazole rings is 1. The number of aromatic nitrogens is 1. The maximum absolute atomic E-state index is 12.7. The van der Waals surface area contributed by atoms with Gasteiger partial charge in [0.05, 0.1) is 16.3 Å². The Labute approximate surface area is 209 Å². The molecule has 6 nitrogen and oxygen atoms in total. The van der Waals surface area contributed by atoms with E-state index in [0.29, 0.717) is 10.9 Å². The fraction of sp³-hybridized carbons (Fsp3) is 0.630. The van der Waals surface area contributed by atoms with E-state index in [-0.39, 0.29) is 11.8 Å². The lowest BCUT2D eigenvalue weighted by atomic mass is 9.95. The number of hydrogen-bond acceptors (Lipinski definition) is 5. The maximum Gasteiger partial charge on any atom is 0.228 e. The Hall–Kier alpha value is -1.89. The summed E-state index contributed by atoms with van der Waals surface area (Å²) in [6, 6.07) is 5.82. The molecular formula is C27H39ClN4O2. The third-order valence-electron chi connectivity index (χ3n) is 7.35. The Morgan fingerprint density at radius 1 is 1.18 bits per heavy atom. The predicted molar refractivity (Wildman–Crippen MR) is 137 cm³/mol. The van der Waals surface area contributed by atoms with Crippen LogP contribution in [0.2, 0.25) is 5.02 Å². The van der Waals surface area contributed by atoms with Crippen molar-refractivity contribution >= 4 is 17.5 Å². The summed E-state index contributed by atoms with van der Waals surface area (Å²) in [4.78, 5) is 22.3. The quantitative estimate of drug-likeness (QED) is 0.528. The summed E-state index contributed by atoms with van der Waals surface area (Å²) < 4.78 is 5.98. The average Bonchev–Trinajstić information content (AvgIpc) is 3.16. The highest BCUT2D eigenvalue weighted by Crippen LogP contribution is 2.32. The maximum atomic E-state index is 12.7. The molecule has 0 saturated carbocycles. The number of halogens is 1. The molecule has 2 aromatic rings. The highest BCUT2D eigenvalue weighted by molar-refractivity contribution is 6.33. The summed E-state index contributed by atoms with van der Waals surface area (Å²) in [5, 5.41) is 3.84. The highest BCUT2D eigenvalue weighted by atomic mass is 35.5. The van der Waals surface area contributed by atoms with Crippen molar-refractivity contribution in [3.63, 3.8) is 0 Å². The van der Waals surface area contributed by atoms with Crippen molar-refractivity contribution in [2.75, 3.05) is 39.3 Å². The smallest absolute Gasteiger partial charge is 0.228 e. The molecule has 2 saturated heterocycles. The number of aryl methyl sites for hydroxylation is 2. The van der Waals surface area contributed by atoms with Crippen LogP contribution in [0.3, 0.4) is 0 Å². The largest absolute Gasteiger partial charge is 0.441 e. The first-order valence-electron chi connectivity index (χ1n) is 12.8. The monoisotopic (exact) mass is 486 g/mol. The van der Waals surface area contributed by atoms with Crippen molar-refractivity contribution in [1.29, 1.82) is 0 Å². The number of carbonyl (C=O) groups excluding carboxylic acids is 1. The van der Waals surface area contributed by atoms with Crippen molar-refractivity contribution in [2.45, 2.75) is 59.4 Å². The summed E-state index contributed by atoms with van der Waals surface area (Å²) in [7, 11) is 0. The lowest BCUT2D eigenvalue weighted by molar-refractivity contribution is -0.126. The number of nitrogens with zero attached hydrogens (tertiary/aromatic N) is 3. The third-order valence-corrected chi connectivity index (χ3v) is 7.67. The molecule has 34 heavy (non-hydrogen) atoms. The molecule has 2 aliphatic heterocycles. The number of piperidine rings is 2. The van der Waals surface area contributed by atoms with Gasteiger partial charge < -0.3 is 14.6 Å². The van der Waals surface area contributed by atoms with E-state index in [1.807, 2.05) is 32.0 Å². The van der Waals surface area contributed by atoms with Gasteiger partial charge in [0.25, 0.3) is 0 Å². The van der Waals surface area contributed by atoms with Crippen LogP contribution >= 0.6 is 11.6 Å². The van der Waals surface area contributed by atoms with Gasteiger partial charge in [-0.25, -0.2) is 4.98 Å². The van der Waals surface area contributed by atoms with Gasteiger partial charge in [0.1, 0.15) is 5.76 Å². The van der Waals surface area contributed by atoms with Gasteiger partial charge in [0.2, 0.25) is 11.8 Å². The van der Waals surface area contributed by atoms with Gasteiger partial charge in [-0.15, -0.1) is 0 Å². The molecule has 1 aromatic carbocycles. The number of carbonyl (C=O) groups is 1. The average molecular weight is 487 g/mol. The molecule has 1 atom stereocenters. The molecule has 0 radical (unpaired) electrons. The minimum absolute atomic E-state index is 0.117. The molecular weight excluding hydrogens is 448 g/mol. The van der Waals surface area contributed by atoms with Crippen molar-refractivity contribution in [3.8, 4) is 11.5 Å². The molecule has 2 fully saturated rings. The topological polar surface area (TPSA) is 61.6 Å². The molecule has 3 heterocycles. The van der Waals surface area contributed by atoms with E-state index in [0.717, 1.165) is 80.5 Å². The zero-order valence-electron chi connectivity index (χ0n) is 20.9. The number of amides is 1. The number of hydrogen-bond donors (Lipinski definition) is 1. The predicted octanol–water partition coefficient (Wildman–Crippen LogP) is 5.06. The second-order valence-electron chi connectivity index (χ2n) is 10.2. The molecule has 186 valence electrons. The molecule has 0 aliphatic carbocycles. The second-order valence-corrected chi connectivity index (χ2v) is 10.6. The minimum Gasteiger partial charge on any atom is -0.441 e. The van der Waals surface area contributed by atoms with Crippen molar-refractivity contribution in [1.82, 2.24) is 20.1 Å². The number of nitrogens with one attached hydrogen (secondary N) is 1. The number of rotatable bonds is 8. The van der Waals surface area contributed by atoms with Crippen LogP contribution in [0, 0.1) is 25.7 Å². The van der Waals surface area contributed by atoms with Crippen molar-refractivity contribution in [2.24, 2.45) is 11.8 Å². The van der Waals surface area contributed by atoms with Gasteiger partial charge in [-0.2, -0.15) is 0 Å². The van der Waals surface area contributed by atoms with Crippen molar-refractivity contribution < 1.29 is 9.21 Å². The van der Waals surface area contributed by atoms with Gasteiger partial charge in [0.15, 0.2) is 0 Å². The number of likely N-dealkylation sites (tertiary alicyclic amines) is 2. The Kier molecular flexibility index (Phi) is 8.67. The Bertz CT molecular complexity index is 947. The summed E-state index contributed by atoms with van der Waals surface area (Å²) in [5.74, 6) is 2.56. The summed E-state index contributed by atoms with van der Waals surface area (Å²) in [6.45, 7) is 13.1. The Morgan fingerprint density at radius 3 is 2.71 bits per heavy atom. The van der Waals surface area contributed by atoms with E-state index in [1.54, 1.807) is 0 Å². The Balaban J connectivity index is 1.21. The fourth-order valence-corrected chi connectivity index (χ4v) is 5.60. The van der Waals surface area contributed by atoms with E-state index in [4.69, 9.17) is 21.0 Å².